The molecule has 0 fully saturated rings. The van der Waals surface area contributed by atoms with Crippen molar-refractivity contribution in [3.05, 3.63) is 23.3 Å². The van der Waals surface area contributed by atoms with Gasteiger partial charge in [-0.05, 0) is 27.7 Å². The Morgan fingerprint density at radius 2 is 2.16 bits per heavy atom. The summed E-state index contributed by atoms with van der Waals surface area (Å²) in [4.78, 5) is 28.2. The lowest BCUT2D eigenvalue weighted by atomic mass is 10.3. The number of hydrogen-bond donors (Lipinski definition) is 1. The second kappa shape index (κ2) is 9.00. The van der Waals surface area contributed by atoms with Gasteiger partial charge in [0.15, 0.2) is 4.34 Å². The fourth-order valence-electron chi connectivity index (χ4n) is 2.04. The van der Waals surface area contributed by atoms with E-state index in [1.54, 1.807) is 23.9 Å². The zero-order valence-electron chi connectivity index (χ0n) is 14.7. The van der Waals surface area contributed by atoms with Gasteiger partial charge in [-0.15, -0.1) is 11.3 Å². The lowest BCUT2D eigenvalue weighted by Crippen LogP contribution is -2.24. The van der Waals surface area contributed by atoms with Gasteiger partial charge in [-0.1, -0.05) is 11.8 Å². The number of aromatic nitrogens is 3. The number of nitrogens with one attached hydrogen (secondary N) is 1. The maximum Gasteiger partial charge on any atom is 0.311 e. The van der Waals surface area contributed by atoms with Gasteiger partial charge in [-0.25, -0.2) is 9.67 Å². The number of nitrogens with zero attached hydrogens (tertiary/aromatic N) is 3. The summed E-state index contributed by atoms with van der Waals surface area (Å²) in [6.07, 6.45) is 1.81. The van der Waals surface area contributed by atoms with Crippen molar-refractivity contribution in [2.45, 2.75) is 49.7 Å². The molecule has 1 unspecified atom stereocenters. The van der Waals surface area contributed by atoms with E-state index in [2.05, 4.69) is 15.4 Å². The number of thiazole rings is 1. The summed E-state index contributed by atoms with van der Waals surface area (Å²) in [5.41, 5.74) is 0.663. The molecule has 1 amide bonds. The third-order valence-electron chi connectivity index (χ3n) is 3.22. The van der Waals surface area contributed by atoms with Crippen LogP contribution in [0.2, 0.25) is 0 Å². The molecule has 1 N–H and O–H groups in total. The van der Waals surface area contributed by atoms with Crippen molar-refractivity contribution >= 4 is 40.8 Å². The van der Waals surface area contributed by atoms with Gasteiger partial charge in [0.05, 0.1) is 30.2 Å². The number of carbonyl (C=O) groups excluding carboxylic acids is 2. The molecule has 2 rings (SSSR count). The number of ether oxygens (including phenoxy) is 1. The highest BCUT2D eigenvalue weighted by Crippen LogP contribution is 2.28. The normalized spacial score (nSPS) is 12.2. The van der Waals surface area contributed by atoms with Crippen molar-refractivity contribution in [1.29, 1.82) is 0 Å². The largest absolute Gasteiger partial charge is 0.466 e. The standard InChI is InChI=1S/C16H22N4O3S2/c1-5-23-14(21)8-12-9-24-16(18-12)25-11(4)15(22)19-13-6-7-17-20(13)10(2)3/h6-7,9-11H,5,8H2,1-4H3,(H,19,22). The zero-order chi connectivity index (χ0) is 18.4. The molecule has 0 aliphatic rings. The molecule has 0 spiro atoms. The van der Waals surface area contributed by atoms with Gasteiger partial charge in [-0.2, -0.15) is 5.10 Å². The molecule has 2 heterocycles. The third-order valence-corrected chi connectivity index (χ3v) is 5.34. The van der Waals surface area contributed by atoms with Crippen molar-refractivity contribution in [2.24, 2.45) is 0 Å². The Morgan fingerprint density at radius 1 is 1.40 bits per heavy atom. The van der Waals surface area contributed by atoms with E-state index in [1.807, 2.05) is 26.2 Å². The van der Waals surface area contributed by atoms with Gasteiger partial charge >= 0.3 is 5.97 Å². The molecule has 0 aliphatic carbocycles. The summed E-state index contributed by atoms with van der Waals surface area (Å²) in [5, 5.41) is 8.59. The van der Waals surface area contributed by atoms with Crippen LogP contribution in [0.25, 0.3) is 0 Å². The predicted octanol–water partition coefficient (Wildman–Crippen LogP) is 3.15. The average Bonchev–Trinajstić information content (AvgIpc) is 3.17. The molecule has 0 aromatic carbocycles. The predicted molar refractivity (Wildman–Crippen MR) is 99.0 cm³/mol. The van der Waals surface area contributed by atoms with Gasteiger partial charge in [0, 0.05) is 17.5 Å². The fraction of sp³-hybridized carbons (Fsp3) is 0.500. The van der Waals surface area contributed by atoms with Crippen LogP contribution in [0.4, 0.5) is 5.82 Å². The van der Waals surface area contributed by atoms with Crippen molar-refractivity contribution < 1.29 is 14.3 Å². The Labute approximate surface area is 155 Å². The molecule has 9 heteroatoms. The Balaban J connectivity index is 1.92. The lowest BCUT2D eigenvalue weighted by Gasteiger charge is -2.14. The molecule has 7 nitrogen and oxygen atoms in total. The van der Waals surface area contributed by atoms with E-state index in [4.69, 9.17) is 4.74 Å². The Kier molecular flexibility index (Phi) is 7.01. The number of amides is 1. The van der Waals surface area contributed by atoms with Crippen LogP contribution in [-0.2, 0) is 20.7 Å². The molecule has 2 aromatic heterocycles. The number of rotatable bonds is 8. The zero-order valence-corrected chi connectivity index (χ0v) is 16.3. The van der Waals surface area contributed by atoms with Crippen LogP contribution < -0.4 is 5.32 Å². The monoisotopic (exact) mass is 382 g/mol. The number of esters is 1. The average molecular weight is 383 g/mol. The summed E-state index contributed by atoms with van der Waals surface area (Å²) in [7, 11) is 0. The fourth-order valence-corrected chi connectivity index (χ4v) is 4.02. The first-order valence-corrected chi connectivity index (χ1v) is 9.77. The van der Waals surface area contributed by atoms with Gasteiger partial charge < -0.3 is 10.1 Å². The minimum absolute atomic E-state index is 0.116. The van der Waals surface area contributed by atoms with Gasteiger partial charge in [0.25, 0.3) is 0 Å². The number of hydrogen-bond acceptors (Lipinski definition) is 7. The van der Waals surface area contributed by atoms with E-state index < -0.39 is 0 Å². The number of thioether (sulfide) groups is 1. The van der Waals surface area contributed by atoms with Crippen molar-refractivity contribution in [3.63, 3.8) is 0 Å². The van der Waals surface area contributed by atoms with E-state index in [0.29, 0.717) is 18.1 Å². The van der Waals surface area contributed by atoms with Crippen LogP contribution in [0.5, 0.6) is 0 Å². The SMILES string of the molecule is CCOC(=O)Cc1csc(SC(C)C(=O)Nc2ccnn2C(C)C)n1. The lowest BCUT2D eigenvalue weighted by molar-refractivity contribution is -0.142. The summed E-state index contributed by atoms with van der Waals surface area (Å²) >= 11 is 2.78. The highest BCUT2D eigenvalue weighted by molar-refractivity contribution is 8.02. The molecule has 0 saturated heterocycles. The Bertz CT molecular complexity index is 727. The number of carbonyl (C=O) groups is 2. The van der Waals surface area contributed by atoms with Gasteiger partial charge in [0.2, 0.25) is 5.91 Å². The van der Waals surface area contributed by atoms with E-state index in [9.17, 15) is 9.59 Å². The highest BCUT2D eigenvalue weighted by Gasteiger charge is 2.19. The molecule has 2 aromatic rings. The van der Waals surface area contributed by atoms with E-state index in [1.165, 1.54) is 23.1 Å². The van der Waals surface area contributed by atoms with Gasteiger partial charge in [0.1, 0.15) is 5.82 Å². The van der Waals surface area contributed by atoms with Crippen LogP contribution in [0, 0.1) is 0 Å². The summed E-state index contributed by atoms with van der Waals surface area (Å²) < 4.78 is 7.42. The first-order chi connectivity index (χ1) is 11.9. The first-order valence-electron chi connectivity index (χ1n) is 8.01. The highest BCUT2D eigenvalue weighted by atomic mass is 32.2. The molecule has 1 atom stereocenters. The maximum atomic E-state index is 12.4. The van der Waals surface area contributed by atoms with Crippen molar-refractivity contribution in [3.8, 4) is 0 Å². The Morgan fingerprint density at radius 3 is 2.84 bits per heavy atom. The molecule has 25 heavy (non-hydrogen) atoms. The summed E-state index contributed by atoms with van der Waals surface area (Å²) in [6.45, 7) is 7.95. The van der Waals surface area contributed by atoms with E-state index in [0.717, 1.165) is 4.34 Å². The summed E-state index contributed by atoms with van der Waals surface area (Å²) in [5.74, 6) is 0.265. The first kappa shape index (κ1) is 19.5. The van der Waals surface area contributed by atoms with Crippen molar-refractivity contribution in [2.75, 3.05) is 11.9 Å². The van der Waals surface area contributed by atoms with Crippen LogP contribution in [-0.4, -0.2) is 38.5 Å². The molecule has 0 saturated carbocycles. The van der Waals surface area contributed by atoms with Gasteiger partial charge in [-0.3, -0.25) is 9.59 Å². The molecular formula is C16H22N4O3S2. The molecule has 0 bridgehead atoms. The quantitative estimate of drug-likeness (QED) is 0.557. The molecule has 0 aliphatic heterocycles. The van der Waals surface area contributed by atoms with Crippen LogP contribution in [0.3, 0.4) is 0 Å². The summed E-state index contributed by atoms with van der Waals surface area (Å²) in [6, 6.07) is 1.94. The van der Waals surface area contributed by atoms with Crippen LogP contribution >= 0.6 is 23.1 Å². The number of anilines is 1. The molecular weight excluding hydrogens is 360 g/mol. The Hall–Kier alpha value is -1.87. The van der Waals surface area contributed by atoms with E-state index >= 15 is 0 Å². The van der Waals surface area contributed by atoms with Crippen LogP contribution in [0.15, 0.2) is 22.0 Å². The van der Waals surface area contributed by atoms with Crippen LogP contribution in [0.1, 0.15) is 39.4 Å². The second-order valence-electron chi connectivity index (χ2n) is 5.59. The third kappa shape index (κ3) is 5.57. The maximum absolute atomic E-state index is 12.4. The second-order valence-corrected chi connectivity index (χ2v) is 8.04. The smallest absolute Gasteiger partial charge is 0.311 e. The molecule has 136 valence electrons. The molecule has 0 radical (unpaired) electrons. The topological polar surface area (TPSA) is 86.1 Å². The minimum atomic E-state index is -0.322. The van der Waals surface area contributed by atoms with Crippen molar-refractivity contribution in [1.82, 2.24) is 14.8 Å². The van der Waals surface area contributed by atoms with E-state index in [-0.39, 0.29) is 29.6 Å². The minimum Gasteiger partial charge on any atom is -0.466 e.